The summed E-state index contributed by atoms with van der Waals surface area (Å²) in [6.07, 6.45) is 6.27. The largest absolute Gasteiger partial charge is 0.496 e. The second-order valence-corrected chi connectivity index (χ2v) is 8.05. The average Bonchev–Trinajstić information content (AvgIpc) is 3.03. The number of furan rings is 1. The van der Waals surface area contributed by atoms with E-state index in [1.165, 1.54) is 19.1 Å². The lowest BCUT2D eigenvalue weighted by Gasteiger charge is -2.15. The molecule has 1 N–H and O–H groups in total. The summed E-state index contributed by atoms with van der Waals surface area (Å²) in [6.45, 7) is 2.22. The van der Waals surface area contributed by atoms with Crippen molar-refractivity contribution in [2.45, 2.75) is 32.6 Å². The van der Waals surface area contributed by atoms with Crippen LogP contribution in [0.25, 0.3) is 11.3 Å². The Kier molecular flexibility index (Phi) is 4.72. The number of nitrogens with zero attached hydrogens (tertiary/aromatic N) is 1. The molecule has 0 spiro atoms. The molecule has 1 aromatic carbocycles. The molecule has 2 saturated carbocycles. The van der Waals surface area contributed by atoms with Crippen LogP contribution in [0.5, 0.6) is 5.75 Å². The number of hydrogen-bond donors (Lipinski definition) is 1. The first-order valence-electron chi connectivity index (χ1n) is 9.29. The Bertz CT molecular complexity index is 891. The van der Waals surface area contributed by atoms with E-state index in [-0.39, 0.29) is 17.2 Å². The van der Waals surface area contributed by atoms with E-state index in [1.54, 1.807) is 31.4 Å². The van der Waals surface area contributed by atoms with E-state index in [0.29, 0.717) is 28.2 Å². The van der Waals surface area contributed by atoms with Crippen LogP contribution in [0.3, 0.4) is 0 Å². The van der Waals surface area contributed by atoms with Crippen molar-refractivity contribution in [1.82, 2.24) is 5.43 Å². The van der Waals surface area contributed by atoms with E-state index in [9.17, 15) is 4.79 Å². The Morgan fingerprint density at radius 2 is 2.22 bits per heavy atom. The summed E-state index contributed by atoms with van der Waals surface area (Å²) in [7, 11) is 1.60. The number of ether oxygens (including phenoxy) is 1. The highest BCUT2D eigenvalue weighted by molar-refractivity contribution is 6.30. The van der Waals surface area contributed by atoms with Gasteiger partial charge in [0, 0.05) is 10.9 Å². The summed E-state index contributed by atoms with van der Waals surface area (Å²) in [5.74, 6) is 2.49. The Balaban J connectivity index is 1.41. The predicted molar refractivity (Wildman–Crippen MR) is 105 cm³/mol. The predicted octanol–water partition coefficient (Wildman–Crippen LogP) is 4.89. The van der Waals surface area contributed by atoms with Crippen molar-refractivity contribution >= 4 is 23.7 Å². The Morgan fingerprint density at radius 1 is 1.37 bits per heavy atom. The summed E-state index contributed by atoms with van der Waals surface area (Å²) < 4.78 is 11.2. The van der Waals surface area contributed by atoms with Gasteiger partial charge in [0.2, 0.25) is 5.91 Å². The molecule has 1 aromatic heterocycles. The lowest BCUT2D eigenvalue weighted by Crippen LogP contribution is -2.22. The Hall–Kier alpha value is -2.27. The van der Waals surface area contributed by atoms with Gasteiger partial charge in [-0.05, 0) is 54.5 Å². The first-order chi connectivity index (χ1) is 13.0. The van der Waals surface area contributed by atoms with Gasteiger partial charge in [-0.2, -0.15) is 5.10 Å². The second-order valence-electron chi connectivity index (χ2n) is 7.62. The quantitative estimate of drug-likeness (QED) is 0.588. The van der Waals surface area contributed by atoms with Gasteiger partial charge in [-0.1, -0.05) is 31.4 Å². The molecule has 0 unspecified atom stereocenters. The molecule has 1 heterocycles. The minimum atomic E-state index is 0.0175. The number of methoxy groups -OCH3 is 1. The molecule has 27 heavy (non-hydrogen) atoms. The standard InChI is InChI=1S/C21H23ClN2O3/c1-21-10-4-3-5-16(21)19(21)20(25)24-23-12-14-7-9-18(27-14)15-11-13(22)6-8-17(15)26-2/h6-9,11-12,16,19H,3-5,10H2,1-2H3,(H,24,25)/b23-12-/t16-,19+,21+/m1/s1. The van der Waals surface area contributed by atoms with Gasteiger partial charge in [-0.25, -0.2) is 5.43 Å². The van der Waals surface area contributed by atoms with Crippen LogP contribution in [0.2, 0.25) is 5.02 Å². The van der Waals surface area contributed by atoms with Gasteiger partial charge in [-0.15, -0.1) is 0 Å². The van der Waals surface area contributed by atoms with Gasteiger partial charge in [0.1, 0.15) is 17.3 Å². The second kappa shape index (κ2) is 7.04. The molecule has 5 nitrogen and oxygen atoms in total. The number of carbonyl (C=O) groups excluding carboxylic acids is 1. The SMILES string of the molecule is COc1ccc(Cl)cc1-c1ccc(/C=N\NC(=O)[C@@H]2[C@H]3CCCC[C@@]32C)o1. The maximum absolute atomic E-state index is 12.4. The van der Waals surface area contributed by atoms with Crippen molar-refractivity contribution in [3.05, 3.63) is 41.1 Å². The van der Waals surface area contributed by atoms with Gasteiger partial charge in [0.05, 0.1) is 18.9 Å². The topological polar surface area (TPSA) is 63.8 Å². The van der Waals surface area contributed by atoms with Gasteiger partial charge in [0.25, 0.3) is 0 Å². The molecule has 2 aliphatic rings. The van der Waals surface area contributed by atoms with Crippen LogP contribution in [-0.2, 0) is 4.79 Å². The fraction of sp³-hybridized carbons (Fsp3) is 0.429. The Morgan fingerprint density at radius 3 is 2.96 bits per heavy atom. The Labute approximate surface area is 163 Å². The summed E-state index contributed by atoms with van der Waals surface area (Å²) in [6, 6.07) is 8.97. The van der Waals surface area contributed by atoms with Crippen LogP contribution >= 0.6 is 11.6 Å². The van der Waals surface area contributed by atoms with Gasteiger partial charge >= 0.3 is 0 Å². The van der Waals surface area contributed by atoms with Crippen molar-refractivity contribution in [1.29, 1.82) is 0 Å². The van der Waals surface area contributed by atoms with E-state index in [0.717, 1.165) is 18.4 Å². The van der Waals surface area contributed by atoms with E-state index in [4.69, 9.17) is 20.8 Å². The van der Waals surface area contributed by atoms with E-state index < -0.39 is 0 Å². The van der Waals surface area contributed by atoms with Crippen LogP contribution in [0.15, 0.2) is 39.9 Å². The van der Waals surface area contributed by atoms with Crippen LogP contribution in [0, 0.1) is 17.3 Å². The summed E-state index contributed by atoms with van der Waals surface area (Å²) in [4.78, 5) is 12.4. The van der Waals surface area contributed by atoms with E-state index >= 15 is 0 Å². The fourth-order valence-corrected chi connectivity index (χ4v) is 4.69. The maximum Gasteiger partial charge on any atom is 0.244 e. The lowest BCUT2D eigenvalue weighted by molar-refractivity contribution is -0.123. The monoisotopic (exact) mass is 386 g/mol. The van der Waals surface area contributed by atoms with Crippen LogP contribution in [0.4, 0.5) is 0 Å². The van der Waals surface area contributed by atoms with Crippen molar-refractivity contribution < 1.29 is 13.9 Å². The van der Waals surface area contributed by atoms with Crippen LogP contribution in [-0.4, -0.2) is 19.2 Å². The van der Waals surface area contributed by atoms with Crippen LogP contribution < -0.4 is 10.2 Å². The molecule has 0 radical (unpaired) electrons. The molecule has 3 atom stereocenters. The van der Waals surface area contributed by atoms with E-state index in [1.807, 2.05) is 6.07 Å². The van der Waals surface area contributed by atoms with Crippen LogP contribution in [0.1, 0.15) is 38.4 Å². The number of fused-ring (bicyclic) bond motifs is 1. The highest BCUT2D eigenvalue weighted by Crippen LogP contribution is 2.66. The summed E-state index contributed by atoms with van der Waals surface area (Å²) in [5, 5.41) is 4.68. The molecule has 142 valence electrons. The summed E-state index contributed by atoms with van der Waals surface area (Å²) in [5.41, 5.74) is 3.63. The minimum Gasteiger partial charge on any atom is -0.496 e. The first kappa shape index (κ1) is 18.1. The van der Waals surface area contributed by atoms with Gasteiger partial charge in [-0.3, -0.25) is 4.79 Å². The van der Waals surface area contributed by atoms with Crippen molar-refractivity contribution in [2.75, 3.05) is 7.11 Å². The number of carbonyl (C=O) groups is 1. The number of benzene rings is 1. The third-order valence-corrected chi connectivity index (χ3v) is 6.27. The average molecular weight is 387 g/mol. The molecule has 0 aliphatic heterocycles. The van der Waals surface area contributed by atoms with Crippen molar-refractivity contribution in [2.24, 2.45) is 22.4 Å². The molecule has 6 heteroatoms. The molecule has 2 aromatic rings. The van der Waals surface area contributed by atoms with Gasteiger partial charge < -0.3 is 9.15 Å². The molecule has 2 aliphatic carbocycles. The van der Waals surface area contributed by atoms with E-state index in [2.05, 4.69) is 17.5 Å². The first-order valence-corrected chi connectivity index (χ1v) is 9.67. The molecular formula is C21H23ClN2O3. The lowest BCUT2D eigenvalue weighted by atomic mass is 9.90. The molecule has 4 rings (SSSR count). The van der Waals surface area contributed by atoms with Gasteiger partial charge in [0.15, 0.2) is 0 Å². The number of rotatable bonds is 5. The highest BCUT2D eigenvalue weighted by atomic mass is 35.5. The molecule has 0 saturated heterocycles. The zero-order valence-corrected chi connectivity index (χ0v) is 16.3. The zero-order valence-electron chi connectivity index (χ0n) is 15.5. The zero-order chi connectivity index (χ0) is 19.0. The van der Waals surface area contributed by atoms with Crippen molar-refractivity contribution in [3.8, 4) is 17.1 Å². The molecule has 2 fully saturated rings. The summed E-state index contributed by atoms with van der Waals surface area (Å²) >= 11 is 6.08. The number of hydrazone groups is 1. The smallest absolute Gasteiger partial charge is 0.244 e. The molecule has 1 amide bonds. The van der Waals surface area contributed by atoms with Crippen molar-refractivity contribution in [3.63, 3.8) is 0 Å². The number of halogens is 1. The third-order valence-electron chi connectivity index (χ3n) is 6.03. The highest BCUT2D eigenvalue weighted by Gasteiger charge is 2.64. The number of nitrogens with one attached hydrogen (secondary N) is 1. The number of amides is 1. The maximum atomic E-state index is 12.4. The third kappa shape index (κ3) is 3.36. The molecule has 0 bridgehead atoms. The number of hydrogen-bond acceptors (Lipinski definition) is 4. The minimum absolute atomic E-state index is 0.0175. The normalized spacial score (nSPS) is 26.6. The molecular weight excluding hydrogens is 364 g/mol. The fourth-order valence-electron chi connectivity index (χ4n) is 4.52.